The average molecular weight is 232 g/mol. The molecule has 0 spiro atoms. The summed E-state index contributed by atoms with van der Waals surface area (Å²) in [6, 6.07) is 3.87. The van der Waals surface area contributed by atoms with E-state index in [1.54, 1.807) is 6.07 Å². The van der Waals surface area contributed by atoms with E-state index in [2.05, 4.69) is 0 Å². The first-order chi connectivity index (χ1) is 7.08. The SMILES string of the molecule is CC(C#N)Oc1c(F)cc(CCl)cc1F. The Morgan fingerprint density at radius 1 is 1.47 bits per heavy atom. The van der Waals surface area contributed by atoms with E-state index in [9.17, 15) is 8.78 Å². The van der Waals surface area contributed by atoms with Crippen LogP contribution in [0.3, 0.4) is 0 Å². The first-order valence-corrected chi connectivity index (χ1v) is 4.72. The van der Waals surface area contributed by atoms with E-state index in [-0.39, 0.29) is 5.88 Å². The van der Waals surface area contributed by atoms with Gasteiger partial charge in [0.1, 0.15) is 6.07 Å². The number of alkyl halides is 1. The van der Waals surface area contributed by atoms with Crippen LogP contribution in [0.4, 0.5) is 8.78 Å². The van der Waals surface area contributed by atoms with Crippen LogP contribution in [0.25, 0.3) is 0 Å². The second kappa shape index (κ2) is 4.94. The van der Waals surface area contributed by atoms with Gasteiger partial charge in [-0.2, -0.15) is 5.26 Å². The molecule has 0 aliphatic heterocycles. The lowest BCUT2D eigenvalue weighted by molar-refractivity contribution is 0.249. The predicted octanol–water partition coefficient (Wildman–Crippen LogP) is 2.99. The van der Waals surface area contributed by atoms with E-state index >= 15 is 0 Å². The minimum atomic E-state index is -0.907. The minimum absolute atomic E-state index is 0.0158. The first kappa shape index (κ1) is 11.7. The molecule has 0 aromatic heterocycles. The molecule has 1 unspecified atom stereocenters. The van der Waals surface area contributed by atoms with Gasteiger partial charge in [-0.15, -0.1) is 11.6 Å². The van der Waals surface area contributed by atoms with Crippen LogP contribution in [0.15, 0.2) is 12.1 Å². The second-order valence-electron chi connectivity index (χ2n) is 2.91. The molecule has 1 aromatic rings. The fraction of sp³-hybridized carbons (Fsp3) is 0.300. The molecule has 2 nitrogen and oxygen atoms in total. The van der Waals surface area contributed by atoms with Crippen LogP contribution in [0.5, 0.6) is 5.75 Å². The molecule has 1 rings (SSSR count). The molecule has 5 heteroatoms. The lowest BCUT2D eigenvalue weighted by atomic mass is 10.2. The number of rotatable bonds is 3. The van der Waals surface area contributed by atoms with Gasteiger partial charge in [-0.3, -0.25) is 0 Å². The number of hydrogen-bond acceptors (Lipinski definition) is 2. The quantitative estimate of drug-likeness (QED) is 0.750. The standard InChI is InChI=1S/C10H8ClF2NO/c1-6(5-14)15-10-8(12)2-7(4-11)3-9(10)13/h2-3,6H,4H2,1H3. The summed E-state index contributed by atoms with van der Waals surface area (Å²) < 4.78 is 31.3. The molecule has 15 heavy (non-hydrogen) atoms. The highest BCUT2D eigenvalue weighted by Crippen LogP contribution is 2.24. The van der Waals surface area contributed by atoms with Gasteiger partial charge in [-0.1, -0.05) is 0 Å². The summed E-state index contributed by atoms with van der Waals surface area (Å²) in [5.41, 5.74) is 0.323. The summed E-state index contributed by atoms with van der Waals surface area (Å²) in [7, 11) is 0. The Labute approximate surface area is 91.0 Å². The third-order valence-electron chi connectivity index (χ3n) is 1.69. The van der Waals surface area contributed by atoms with Gasteiger partial charge >= 0.3 is 0 Å². The Kier molecular flexibility index (Phi) is 3.87. The van der Waals surface area contributed by atoms with Crippen LogP contribution < -0.4 is 4.74 Å². The predicted molar refractivity (Wildman–Crippen MR) is 51.6 cm³/mol. The number of halogens is 3. The van der Waals surface area contributed by atoms with E-state index in [4.69, 9.17) is 21.6 Å². The summed E-state index contributed by atoms with van der Waals surface area (Å²) in [5.74, 6) is -2.24. The van der Waals surface area contributed by atoms with Gasteiger partial charge in [-0.25, -0.2) is 8.78 Å². The molecule has 0 fully saturated rings. The van der Waals surface area contributed by atoms with Crippen molar-refractivity contribution < 1.29 is 13.5 Å². The van der Waals surface area contributed by atoms with Crippen LogP contribution in [0.1, 0.15) is 12.5 Å². The monoisotopic (exact) mass is 231 g/mol. The largest absolute Gasteiger partial charge is 0.470 e. The van der Waals surface area contributed by atoms with Crippen molar-refractivity contribution in [3.63, 3.8) is 0 Å². The van der Waals surface area contributed by atoms with Gasteiger partial charge in [0.25, 0.3) is 0 Å². The van der Waals surface area contributed by atoms with Crippen molar-refractivity contribution in [1.29, 1.82) is 5.26 Å². The number of benzene rings is 1. The molecule has 0 saturated carbocycles. The van der Waals surface area contributed by atoms with Crippen molar-refractivity contribution in [3.05, 3.63) is 29.3 Å². The smallest absolute Gasteiger partial charge is 0.192 e. The molecule has 0 aliphatic rings. The molecule has 0 N–H and O–H groups in total. The van der Waals surface area contributed by atoms with Gasteiger partial charge in [0.2, 0.25) is 0 Å². The molecule has 0 aliphatic carbocycles. The van der Waals surface area contributed by atoms with Crippen molar-refractivity contribution in [1.82, 2.24) is 0 Å². The highest BCUT2D eigenvalue weighted by molar-refractivity contribution is 6.17. The zero-order chi connectivity index (χ0) is 11.4. The summed E-state index contributed by atoms with van der Waals surface area (Å²) in [6.07, 6.45) is -0.907. The summed E-state index contributed by atoms with van der Waals surface area (Å²) >= 11 is 5.43. The zero-order valence-corrected chi connectivity index (χ0v) is 8.68. The van der Waals surface area contributed by atoms with E-state index in [1.165, 1.54) is 6.92 Å². The van der Waals surface area contributed by atoms with Gasteiger partial charge in [0, 0.05) is 5.88 Å². The highest BCUT2D eigenvalue weighted by atomic mass is 35.5. The summed E-state index contributed by atoms with van der Waals surface area (Å²) in [5, 5.41) is 8.44. The van der Waals surface area contributed by atoms with Crippen LogP contribution >= 0.6 is 11.6 Å². The number of ether oxygens (including phenoxy) is 1. The van der Waals surface area contributed by atoms with Gasteiger partial charge in [0.05, 0.1) is 0 Å². The Bertz CT molecular complexity index is 380. The molecule has 0 bridgehead atoms. The Morgan fingerprint density at radius 3 is 2.40 bits per heavy atom. The molecule has 0 radical (unpaired) electrons. The van der Waals surface area contributed by atoms with E-state index < -0.39 is 23.5 Å². The van der Waals surface area contributed by atoms with E-state index in [1.807, 2.05) is 0 Å². The van der Waals surface area contributed by atoms with Crippen molar-refractivity contribution in [2.45, 2.75) is 18.9 Å². The van der Waals surface area contributed by atoms with Crippen LogP contribution in [-0.2, 0) is 5.88 Å². The normalized spacial score (nSPS) is 11.9. The lowest BCUT2D eigenvalue weighted by Gasteiger charge is -2.10. The second-order valence-corrected chi connectivity index (χ2v) is 3.18. The van der Waals surface area contributed by atoms with Crippen LogP contribution in [0.2, 0.25) is 0 Å². The van der Waals surface area contributed by atoms with Crippen molar-refractivity contribution in [2.75, 3.05) is 0 Å². The van der Waals surface area contributed by atoms with E-state index in [0.717, 1.165) is 12.1 Å². The maximum Gasteiger partial charge on any atom is 0.192 e. The van der Waals surface area contributed by atoms with Gasteiger partial charge < -0.3 is 4.74 Å². The molecule has 1 atom stereocenters. The average Bonchev–Trinajstić information content (AvgIpc) is 2.22. The first-order valence-electron chi connectivity index (χ1n) is 4.18. The fourth-order valence-corrected chi connectivity index (χ4v) is 1.16. The highest BCUT2D eigenvalue weighted by Gasteiger charge is 2.14. The Morgan fingerprint density at radius 2 is 2.00 bits per heavy atom. The molecule has 1 aromatic carbocycles. The van der Waals surface area contributed by atoms with Gasteiger partial charge in [-0.05, 0) is 24.6 Å². The zero-order valence-electron chi connectivity index (χ0n) is 7.93. The van der Waals surface area contributed by atoms with E-state index in [0.29, 0.717) is 5.56 Å². The maximum absolute atomic E-state index is 13.3. The molecular formula is C10H8ClF2NO. The fourth-order valence-electron chi connectivity index (χ4n) is 1.01. The summed E-state index contributed by atoms with van der Waals surface area (Å²) in [6.45, 7) is 1.40. The van der Waals surface area contributed by atoms with Crippen molar-refractivity contribution >= 4 is 11.6 Å². The number of nitriles is 1. The third kappa shape index (κ3) is 2.80. The molecule has 0 saturated heterocycles. The van der Waals surface area contributed by atoms with Crippen LogP contribution in [-0.4, -0.2) is 6.10 Å². The van der Waals surface area contributed by atoms with Gasteiger partial charge in [0.15, 0.2) is 23.5 Å². The number of nitrogens with zero attached hydrogens (tertiary/aromatic N) is 1. The van der Waals surface area contributed by atoms with Crippen LogP contribution in [0, 0.1) is 23.0 Å². The Hall–Kier alpha value is -1.34. The molecule has 0 heterocycles. The molecular weight excluding hydrogens is 224 g/mol. The molecule has 80 valence electrons. The van der Waals surface area contributed by atoms with Crippen molar-refractivity contribution in [2.24, 2.45) is 0 Å². The topological polar surface area (TPSA) is 33.0 Å². The Balaban J connectivity index is 3.04. The maximum atomic E-state index is 13.3. The third-order valence-corrected chi connectivity index (χ3v) is 2.00. The van der Waals surface area contributed by atoms with Crippen molar-refractivity contribution in [3.8, 4) is 11.8 Å². The summed E-state index contributed by atoms with van der Waals surface area (Å²) in [4.78, 5) is 0. The lowest BCUT2D eigenvalue weighted by Crippen LogP contribution is -2.11. The molecule has 0 amide bonds. The minimum Gasteiger partial charge on any atom is -0.470 e. The number of hydrogen-bond donors (Lipinski definition) is 0.